The Bertz CT molecular complexity index is 472. The Morgan fingerprint density at radius 3 is 2.35 bits per heavy atom. The van der Waals surface area contributed by atoms with Crippen molar-refractivity contribution < 1.29 is 14.7 Å². The summed E-state index contributed by atoms with van der Waals surface area (Å²) >= 11 is 11.5. The first-order chi connectivity index (χ1) is 7.74. The molecule has 0 radical (unpaired) electrons. The zero-order valence-electron chi connectivity index (χ0n) is 9.25. The molecule has 0 heterocycles. The van der Waals surface area contributed by atoms with Gasteiger partial charge in [-0.1, -0.05) is 23.2 Å². The number of hydrogen-bond acceptors (Lipinski definition) is 2. The normalized spacial score (nSPS) is 11.1. The SMILES string of the molecule is CC(C)(NC(=O)c1ccc(Cl)cc1Cl)C(=O)O. The lowest BCUT2D eigenvalue weighted by atomic mass is 10.1. The van der Waals surface area contributed by atoms with Crippen LogP contribution in [0, 0.1) is 0 Å². The van der Waals surface area contributed by atoms with Gasteiger partial charge in [0.2, 0.25) is 0 Å². The van der Waals surface area contributed by atoms with E-state index in [1.165, 1.54) is 32.0 Å². The fourth-order valence-corrected chi connectivity index (χ4v) is 1.57. The maximum atomic E-state index is 11.8. The molecular weight excluding hydrogens is 265 g/mol. The van der Waals surface area contributed by atoms with Crippen LogP contribution in [0.3, 0.4) is 0 Å². The molecule has 0 spiro atoms. The number of aliphatic carboxylic acids is 1. The molecule has 6 heteroatoms. The predicted octanol–water partition coefficient (Wildman–Crippen LogP) is 2.59. The molecule has 0 saturated carbocycles. The van der Waals surface area contributed by atoms with Crippen molar-refractivity contribution in [2.45, 2.75) is 19.4 Å². The van der Waals surface area contributed by atoms with Gasteiger partial charge in [-0.2, -0.15) is 0 Å². The Morgan fingerprint density at radius 1 is 1.29 bits per heavy atom. The minimum atomic E-state index is -1.36. The van der Waals surface area contributed by atoms with Crippen LogP contribution < -0.4 is 5.32 Å². The second kappa shape index (κ2) is 4.94. The molecule has 4 nitrogen and oxygen atoms in total. The maximum absolute atomic E-state index is 11.8. The van der Waals surface area contributed by atoms with Crippen LogP contribution in [0.4, 0.5) is 0 Å². The predicted molar refractivity (Wildman–Crippen MR) is 65.6 cm³/mol. The largest absolute Gasteiger partial charge is 0.480 e. The maximum Gasteiger partial charge on any atom is 0.328 e. The van der Waals surface area contributed by atoms with E-state index in [2.05, 4.69) is 5.32 Å². The van der Waals surface area contributed by atoms with Crippen LogP contribution in [0.15, 0.2) is 18.2 Å². The lowest BCUT2D eigenvalue weighted by molar-refractivity contribution is -0.143. The van der Waals surface area contributed by atoms with Crippen molar-refractivity contribution in [2.75, 3.05) is 0 Å². The summed E-state index contributed by atoms with van der Waals surface area (Å²) in [5.74, 6) is -1.69. The summed E-state index contributed by atoms with van der Waals surface area (Å²) in [5.41, 5.74) is -1.18. The number of amides is 1. The molecule has 1 rings (SSSR count). The van der Waals surface area contributed by atoms with Gasteiger partial charge >= 0.3 is 5.97 Å². The zero-order valence-corrected chi connectivity index (χ0v) is 10.8. The van der Waals surface area contributed by atoms with E-state index < -0.39 is 17.4 Å². The summed E-state index contributed by atoms with van der Waals surface area (Å²) in [6.45, 7) is 2.77. The summed E-state index contributed by atoms with van der Waals surface area (Å²) in [6, 6.07) is 4.37. The van der Waals surface area contributed by atoms with Crippen LogP contribution in [0.25, 0.3) is 0 Å². The highest BCUT2D eigenvalue weighted by atomic mass is 35.5. The summed E-state index contributed by atoms with van der Waals surface area (Å²) in [6.07, 6.45) is 0. The second-order valence-corrected chi connectivity index (χ2v) is 4.85. The Balaban J connectivity index is 2.95. The van der Waals surface area contributed by atoms with Gasteiger partial charge in [0.1, 0.15) is 5.54 Å². The average molecular weight is 276 g/mol. The third-order valence-corrected chi connectivity index (χ3v) is 2.68. The monoisotopic (exact) mass is 275 g/mol. The van der Waals surface area contributed by atoms with Crippen molar-refractivity contribution in [1.29, 1.82) is 0 Å². The van der Waals surface area contributed by atoms with Gasteiger partial charge in [0.05, 0.1) is 10.6 Å². The van der Waals surface area contributed by atoms with Crippen LogP contribution in [0.1, 0.15) is 24.2 Å². The van der Waals surface area contributed by atoms with Gasteiger partial charge in [-0.05, 0) is 32.0 Å². The molecule has 0 unspecified atom stereocenters. The van der Waals surface area contributed by atoms with Crippen LogP contribution >= 0.6 is 23.2 Å². The van der Waals surface area contributed by atoms with Crippen LogP contribution in [-0.2, 0) is 4.79 Å². The van der Waals surface area contributed by atoms with E-state index in [0.717, 1.165) is 0 Å². The summed E-state index contributed by atoms with van der Waals surface area (Å²) in [5, 5.41) is 11.8. The molecule has 1 aromatic rings. The highest BCUT2D eigenvalue weighted by molar-refractivity contribution is 6.36. The molecule has 0 fully saturated rings. The number of carboxylic acids is 1. The fraction of sp³-hybridized carbons (Fsp3) is 0.273. The molecule has 0 saturated heterocycles. The highest BCUT2D eigenvalue weighted by Gasteiger charge is 2.29. The Kier molecular flexibility index (Phi) is 4.01. The van der Waals surface area contributed by atoms with E-state index in [1.807, 2.05) is 0 Å². The van der Waals surface area contributed by atoms with Crippen molar-refractivity contribution in [3.05, 3.63) is 33.8 Å². The summed E-state index contributed by atoms with van der Waals surface area (Å²) in [4.78, 5) is 22.7. The first-order valence-electron chi connectivity index (χ1n) is 4.75. The van der Waals surface area contributed by atoms with Gasteiger partial charge in [-0.3, -0.25) is 4.79 Å². The minimum absolute atomic E-state index is 0.177. The van der Waals surface area contributed by atoms with Crippen LogP contribution in [0.2, 0.25) is 10.0 Å². The van der Waals surface area contributed by atoms with E-state index in [9.17, 15) is 9.59 Å². The van der Waals surface area contributed by atoms with Gasteiger partial charge in [-0.25, -0.2) is 4.79 Å². The lowest BCUT2D eigenvalue weighted by Crippen LogP contribution is -2.49. The van der Waals surface area contributed by atoms with Crippen LogP contribution in [0.5, 0.6) is 0 Å². The summed E-state index contributed by atoms with van der Waals surface area (Å²) in [7, 11) is 0. The molecule has 92 valence electrons. The van der Waals surface area contributed by atoms with E-state index in [4.69, 9.17) is 28.3 Å². The topological polar surface area (TPSA) is 66.4 Å². The number of benzene rings is 1. The number of nitrogens with one attached hydrogen (secondary N) is 1. The average Bonchev–Trinajstić information content (AvgIpc) is 2.15. The quantitative estimate of drug-likeness (QED) is 0.891. The molecule has 0 aliphatic heterocycles. The number of carbonyl (C=O) groups is 2. The molecular formula is C11H11Cl2NO3. The minimum Gasteiger partial charge on any atom is -0.480 e. The third kappa shape index (κ3) is 3.35. The molecule has 2 N–H and O–H groups in total. The number of carbonyl (C=O) groups excluding carboxylic acids is 1. The van der Waals surface area contributed by atoms with Crippen molar-refractivity contribution in [3.63, 3.8) is 0 Å². The van der Waals surface area contributed by atoms with Crippen molar-refractivity contribution in [2.24, 2.45) is 0 Å². The first-order valence-corrected chi connectivity index (χ1v) is 5.50. The van der Waals surface area contributed by atoms with Gasteiger partial charge < -0.3 is 10.4 Å². The fourth-order valence-electron chi connectivity index (χ4n) is 1.08. The second-order valence-electron chi connectivity index (χ2n) is 4.01. The number of rotatable bonds is 3. The standard InChI is InChI=1S/C11H11Cl2NO3/c1-11(2,10(16)17)14-9(15)7-4-3-6(12)5-8(7)13/h3-5H,1-2H3,(H,14,15)(H,16,17). The Morgan fingerprint density at radius 2 is 1.88 bits per heavy atom. The summed E-state index contributed by atoms with van der Waals surface area (Å²) < 4.78 is 0. The molecule has 0 aromatic heterocycles. The first kappa shape index (κ1) is 13.8. The molecule has 0 atom stereocenters. The van der Waals surface area contributed by atoms with Crippen molar-refractivity contribution in [1.82, 2.24) is 5.32 Å². The molecule has 0 aliphatic carbocycles. The van der Waals surface area contributed by atoms with Crippen molar-refractivity contribution in [3.8, 4) is 0 Å². The molecule has 1 amide bonds. The number of halogens is 2. The number of carboxylic acid groups (broad SMARTS) is 1. The van der Waals surface area contributed by atoms with Gasteiger partial charge in [0, 0.05) is 5.02 Å². The molecule has 0 bridgehead atoms. The molecule has 17 heavy (non-hydrogen) atoms. The molecule has 1 aromatic carbocycles. The Hall–Kier alpha value is -1.26. The van der Waals surface area contributed by atoms with Gasteiger partial charge in [0.25, 0.3) is 5.91 Å². The van der Waals surface area contributed by atoms with Gasteiger partial charge in [-0.15, -0.1) is 0 Å². The zero-order chi connectivity index (χ0) is 13.2. The van der Waals surface area contributed by atoms with Gasteiger partial charge in [0.15, 0.2) is 0 Å². The van der Waals surface area contributed by atoms with E-state index in [1.54, 1.807) is 0 Å². The van der Waals surface area contributed by atoms with Crippen LogP contribution in [-0.4, -0.2) is 22.5 Å². The third-order valence-electron chi connectivity index (χ3n) is 2.14. The van der Waals surface area contributed by atoms with Crippen molar-refractivity contribution >= 4 is 35.1 Å². The number of hydrogen-bond donors (Lipinski definition) is 2. The van der Waals surface area contributed by atoms with E-state index in [-0.39, 0.29) is 10.6 Å². The Labute approximate surface area is 109 Å². The lowest BCUT2D eigenvalue weighted by Gasteiger charge is -2.21. The van der Waals surface area contributed by atoms with E-state index >= 15 is 0 Å². The molecule has 0 aliphatic rings. The highest BCUT2D eigenvalue weighted by Crippen LogP contribution is 2.21. The smallest absolute Gasteiger partial charge is 0.328 e. The van der Waals surface area contributed by atoms with E-state index in [0.29, 0.717) is 5.02 Å².